The molecule has 0 radical (unpaired) electrons. The van der Waals surface area contributed by atoms with Crippen molar-refractivity contribution in [2.45, 2.75) is 13.2 Å². The highest BCUT2D eigenvalue weighted by Gasteiger charge is 2.21. The highest BCUT2D eigenvalue weighted by atomic mass is 35.5. The summed E-state index contributed by atoms with van der Waals surface area (Å²) in [7, 11) is 0. The molecular formula is C15H11ClN4O5. The minimum Gasteiger partial charge on any atom is -0.467 e. The van der Waals surface area contributed by atoms with Crippen molar-refractivity contribution in [3.63, 3.8) is 0 Å². The summed E-state index contributed by atoms with van der Waals surface area (Å²) < 4.78 is 10.7. The predicted octanol–water partition coefficient (Wildman–Crippen LogP) is 2.49. The lowest BCUT2D eigenvalue weighted by Crippen LogP contribution is -2.17. The first-order chi connectivity index (χ1) is 12.1. The first-order valence-corrected chi connectivity index (χ1v) is 7.64. The van der Waals surface area contributed by atoms with Crippen LogP contribution in [0.3, 0.4) is 0 Å². The van der Waals surface area contributed by atoms with Gasteiger partial charge in [-0.05, 0) is 23.4 Å². The highest BCUT2D eigenvalue weighted by Crippen LogP contribution is 2.32. The lowest BCUT2D eigenvalue weighted by atomic mass is 10.1. The first-order valence-electron chi connectivity index (χ1n) is 7.27. The maximum absolute atomic E-state index is 11.1. The maximum Gasteiger partial charge on any atom is 0.270 e. The van der Waals surface area contributed by atoms with Gasteiger partial charge in [0.05, 0.1) is 11.5 Å². The summed E-state index contributed by atoms with van der Waals surface area (Å²) in [5.41, 5.74) is 2.29. The molecule has 0 saturated carbocycles. The number of ether oxygens (including phenoxy) is 2. The van der Waals surface area contributed by atoms with Crippen LogP contribution in [0.1, 0.15) is 11.1 Å². The number of nitrogens with zero attached hydrogens (tertiary/aromatic N) is 4. The standard InChI is InChI=1S/C15H11ClN4O5/c16-11-1-2-13-14(5-11)19(18-17-13)25-7-10-4-12(20(21)22)3-9-6-23-8-24-15(9)10/h1-5H,6-8H2. The summed E-state index contributed by atoms with van der Waals surface area (Å²) >= 11 is 5.98. The Morgan fingerprint density at radius 2 is 2.24 bits per heavy atom. The molecule has 0 saturated heterocycles. The minimum atomic E-state index is -0.469. The van der Waals surface area contributed by atoms with Crippen LogP contribution in [0.15, 0.2) is 30.3 Å². The molecule has 4 rings (SSSR count). The zero-order chi connectivity index (χ0) is 17.4. The van der Waals surface area contributed by atoms with E-state index in [-0.39, 0.29) is 25.7 Å². The summed E-state index contributed by atoms with van der Waals surface area (Å²) in [5.74, 6) is 0.527. The van der Waals surface area contributed by atoms with E-state index in [1.807, 2.05) is 0 Å². The van der Waals surface area contributed by atoms with Crippen LogP contribution in [0.25, 0.3) is 11.0 Å². The molecule has 1 aliphatic rings. The quantitative estimate of drug-likeness (QED) is 0.519. The van der Waals surface area contributed by atoms with Gasteiger partial charge in [-0.1, -0.05) is 16.4 Å². The number of non-ortho nitro benzene ring substituents is 1. The third-order valence-corrected chi connectivity index (χ3v) is 3.94. The van der Waals surface area contributed by atoms with Crippen LogP contribution < -0.4 is 9.57 Å². The Bertz CT molecular complexity index is 974. The molecule has 0 fully saturated rings. The minimum absolute atomic E-state index is 0.00892. The number of fused-ring (bicyclic) bond motifs is 2. The van der Waals surface area contributed by atoms with Crippen molar-refractivity contribution in [2.75, 3.05) is 6.79 Å². The Morgan fingerprint density at radius 3 is 3.08 bits per heavy atom. The molecule has 1 aromatic heterocycles. The molecule has 2 heterocycles. The van der Waals surface area contributed by atoms with Crippen molar-refractivity contribution < 1.29 is 19.2 Å². The molecule has 25 heavy (non-hydrogen) atoms. The van der Waals surface area contributed by atoms with E-state index >= 15 is 0 Å². The number of aromatic nitrogens is 3. The van der Waals surface area contributed by atoms with Crippen LogP contribution >= 0.6 is 11.6 Å². The third kappa shape index (κ3) is 2.94. The summed E-state index contributed by atoms with van der Waals surface area (Å²) in [6.45, 7) is 0.334. The van der Waals surface area contributed by atoms with Crippen molar-refractivity contribution in [3.05, 3.63) is 56.6 Å². The number of benzene rings is 2. The lowest BCUT2D eigenvalue weighted by Gasteiger charge is -2.20. The summed E-state index contributed by atoms with van der Waals surface area (Å²) in [6, 6.07) is 7.94. The Morgan fingerprint density at radius 1 is 1.36 bits per heavy atom. The van der Waals surface area contributed by atoms with E-state index in [1.54, 1.807) is 18.2 Å². The monoisotopic (exact) mass is 362 g/mol. The highest BCUT2D eigenvalue weighted by molar-refractivity contribution is 6.31. The second kappa shape index (κ2) is 6.19. The summed E-state index contributed by atoms with van der Waals surface area (Å²) in [6.07, 6.45) is 0. The predicted molar refractivity (Wildman–Crippen MR) is 86.2 cm³/mol. The van der Waals surface area contributed by atoms with Crippen molar-refractivity contribution in [3.8, 4) is 5.75 Å². The first kappa shape index (κ1) is 15.6. The van der Waals surface area contributed by atoms with Crippen molar-refractivity contribution >= 4 is 28.3 Å². The molecule has 0 amide bonds. The summed E-state index contributed by atoms with van der Waals surface area (Å²) in [4.78, 5) is 17.5. The smallest absolute Gasteiger partial charge is 0.270 e. The second-order valence-electron chi connectivity index (χ2n) is 5.33. The van der Waals surface area contributed by atoms with Gasteiger partial charge in [0.25, 0.3) is 5.69 Å². The number of halogens is 1. The van der Waals surface area contributed by atoms with Gasteiger partial charge in [-0.3, -0.25) is 10.1 Å². The Hall–Kier alpha value is -2.91. The van der Waals surface area contributed by atoms with Gasteiger partial charge < -0.3 is 14.3 Å². The van der Waals surface area contributed by atoms with E-state index in [0.29, 0.717) is 32.9 Å². The molecule has 0 N–H and O–H groups in total. The zero-order valence-corrected chi connectivity index (χ0v) is 13.5. The fourth-order valence-corrected chi connectivity index (χ4v) is 2.76. The number of hydrogen-bond donors (Lipinski definition) is 0. The van der Waals surface area contributed by atoms with Crippen LogP contribution in [-0.2, 0) is 18.0 Å². The molecule has 10 heteroatoms. The molecule has 0 atom stereocenters. The average molecular weight is 363 g/mol. The average Bonchev–Trinajstić information content (AvgIpc) is 3.01. The van der Waals surface area contributed by atoms with Gasteiger partial charge in [-0.15, -0.1) is 5.10 Å². The molecule has 0 bridgehead atoms. The van der Waals surface area contributed by atoms with Gasteiger partial charge in [0.2, 0.25) is 0 Å². The molecule has 0 aliphatic carbocycles. The number of hydrogen-bond acceptors (Lipinski definition) is 7. The molecule has 1 aliphatic heterocycles. The number of rotatable bonds is 4. The van der Waals surface area contributed by atoms with Gasteiger partial charge in [0.15, 0.2) is 6.79 Å². The second-order valence-corrected chi connectivity index (χ2v) is 5.77. The van der Waals surface area contributed by atoms with Crippen LogP contribution in [0.5, 0.6) is 5.75 Å². The van der Waals surface area contributed by atoms with Crippen molar-refractivity contribution in [2.24, 2.45) is 0 Å². The Balaban J connectivity index is 1.66. The number of nitro groups is 1. The topological polar surface area (TPSA) is 102 Å². The molecule has 3 aromatic rings. The van der Waals surface area contributed by atoms with E-state index in [0.717, 1.165) is 0 Å². The van der Waals surface area contributed by atoms with E-state index < -0.39 is 4.92 Å². The molecule has 0 unspecified atom stereocenters. The van der Waals surface area contributed by atoms with Crippen molar-refractivity contribution in [1.82, 2.24) is 15.2 Å². The fourth-order valence-electron chi connectivity index (χ4n) is 2.59. The SMILES string of the molecule is O=[N+]([O-])c1cc2c(c(COn3nnc4ccc(Cl)cc43)c1)OCOC2. The van der Waals surface area contributed by atoms with Gasteiger partial charge in [-0.25, -0.2) is 0 Å². The van der Waals surface area contributed by atoms with Crippen molar-refractivity contribution in [1.29, 1.82) is 0 Å². The summed E-state index contributed by atoms with van der Waals surface area (Å²) in [5, 5.41) is 19.5. The largest absolute Gasteiger partial charge is 0.467 e. The molecule has 0 spiro atoms. The molecule has 2 aromatic carbocycles. The van der Waals surface area contributed by atoms with Crippen LogP contribution in [0.2, 0.25) is 5.02 Å². The lowest BCUT2D eigenvalue weighted by molar-refractivity contribution is -0.385. The van der Waals surface area contributed by atoms with E-state index in [1.165, 1.54) is 17.0 Å². The molecular weight excluding hydrogens is 352 g/mol. The van der Waals surface area contributed by atoms with Crippen LogP contribution in [-0.4, -0.2) is 26.9 Å². The zero-order valence-electron chi connectivity index (χ0n) is 12.7. The molecule has 128 valence electrons. The van der Waals surface area contributed by atoms with Crippen LogP contribution in [0, 0.1) is 10.1 Å². The van der Waals surface area contributed by atoms with Gasteiger partial charge in [0, 0.05) is 28.3 Å². The third-order valence-electron chi connectivity index (χ3n) is 3.70. The maximum atomic E-state index is 11.1. The van der Waals surface area contributed by atoms with E-state index in [2.05, 4.69) is 10.3 Å². The van der Waals surface area contributed by atoms with E-state index in [9.17, 15) is 10.1 Å². The van der Waals surface area contributed by atoms with Gasteiger partial charge in [0.1, 0.15) is 23.4 Å². The Kier molecular flexibility index (Phi) is 3.86. The number of nitro benzene ring substituents is 1. The fraction of sp³-hybridized carbons (Fsp3) is 0.200. The van der Waals surface area contributed by atoms with Crippen LogP contribution in [0.4, 0.5) is 5.69 Å². The van der Waals surface area contributed by atoms with Gasteiger partial charge in [-0.2, -0.15) is 0 Å². The normalized spacial score (nSPS) is 13.3. The van der Waals surface area contributed by atoms with E-state index in [4.69, 9.17) is 25.9 Å². The molecule has 9 nitrogen and oxygen atoms in total. The Labute approximate surface area is 145 Å². The van der Waals surface area contributed by atoms with Gasteiger partial charge >= 0.3 is 0 Å².